The summed E-state index contributed by atoms with van der Waals surface area (Å²) in [4.78, 5) is 32.5. The van der Waals surface area contributed by atoms with E-state index >= 15 is 0 Å². The van der Waals surface area contributed by atoms with Gasteiger partial charge in [0.05, 0.1) is 13.5 Å². The Kier molecular flexibility index (Phi) is 5.34. The first kappa shape index (κ1) is 14.5. The Morgan fingerprint density at radius 2 is 2.05 bits per heavy atom. The molecule has 2 N–H and O–H groups in total. The zero-order valence-corrected chi connectivity index (χ0v) is 10.2. The monoisotopic (exact) mass is 267 g/mol. The smallest absolute Gasteiger partial charge is 0.413 e. The molecule has 1 rings (SSSR count). The van der Waals surface area contributed by atoms with Crippen LogP contribution in [-0.2, 0) is 20.7 Å². The summed E-state index contributed by atoms with van der Waals surface area (Å²) >= 11 is 0. The molecular formula is C12H13NO6. The lowest BCUT2D eigenvalue weighted by Gasteiger charge is -2.07. The maximum atomic E-state index is 11.2. The molecule has 19 heavy (non-hydrogen) atoms. The molecule has 7 nitrogen and oxygen atoms in total. The first-order chi connectivity index (χ1) is 9.01. The lowest BCUT2D eigenvalue weighted by Crippen LogP contribution is -2.34. The minimum atomic E-state index is -0.958. The van der Waals surface area contributed by atoms with Crippen LogP contribution >= 0.6 is 0 Å². The first-order valence-electron chi connectivity index (χ1n) is 5.32. The molecule has 0 atom stereocenters. The topological polar surface area (TPSA) is 102 Å². The van der Waals surface area contributed by atoms with Crippen LogP contribution in [0.4, 0.5) is 4.79 Å². The summed E-state index contributed by atoms with van der Waals surface area (Å²) in [5, 5.41) is 10.6. The van der Waals surface area contributed by atoms with Gasteiger partial charge < -0.3 is 14.6 Å². The van der Waals surface area contributed by atoms with Crippen LogP contribution in [0.3, 0.4) is 0 Å². The third kappa shape index (κ3) is 5.53. The Bertz CT molecular complexity index is 485. The second-order valence-electron chi connectivity index (χ2n) is 3.55. The van der Waals surface area contributed by atoms with Crippen LogP contribution < -0.4 is 10.1 Å². The fraction of sp³-hybridized carbons (Fsp3) is 0.250. The van der Waals surface area contributed by atoms with Crippen LogP contribution in [0, 0.1) is 0 Å². The van der Waals surface area contributed by atoms with Crippen molar-refractivity contribution in [2.75, 3.05) is 13.7 Å². The molecule has 0 unspecified atom stereocenters. The van der Waals surface area contributed by atoms with Crippen LogP contribution in [-0.4, -0.2) is 36.8 Å². The zero-order valence-electron chi connectivity index (χ0n) is 10.2. The largest absolute Gasteiger partial charge is 0.484 e. The lowest BCUT2D eigenvalue weighted by atomic mass is 10.1. The molecule has 0 aliphatic rings. The van der Waals surface area contributed by atoms with E-state index in [0.29, 0.717) is 11.3 Å². The summed E-state index contributed by atoms with van der Waals surface area (Å²) in [6.07, 6.45) is -1.00. The van der Waals surface area contributed by atoms with E-state index < -0.39 is 18.0 Å². The Morgan fingerprint density at radius 1 is 1.32 bits per heavy atom. The molecule has 0 spiro atoms. The minimum Gasteiger partial charge on any atom is -0.484 e. The number of amides is 2. The molecule has 7 heteroatoms. The van der Waals surface area contributed by atoms with Gasteiger partial charge in [0.15, 0.2) is 6.61 Å². The van der Waals surface area contributed by atoms with Gasteiger partial charge in [0.1, 0.15) is 5.75 Å². The molecule has 0 heterocycles. The highest BCUT2D eigenvalue weighted by molar-refractivity contribution is 5.92. The molecule has 1 aromatic rings. The van der Waals surface area contributed by atoms with Gasteiger partial charge in [-0.05, 0) is 17.7 Å². The fourth-order valence-electron chi connectivity index (χ4n) is 1.27. The van der Waals surface area contributed by atoms with Gasteiger partial charge in [-0.1, -0.05) is 12.1 Å². The molecule has 1 aromatic carbocycles. The molecule has 0 aliphatic carbocycles. The Balaban J connectivity index is 2.51. The summed E-state index contributed by atoms with van der Waals surface area (Å²) in [5.74, 6) is -1.27. The third-order valence-electron chi connectivity index (χ3n) is 2.05. The van der Waals surface area contributed by atoms with Gasteiger partial charge in [0, 0.05) is 0 Å². The van der Waals surface area contributed by atoms with Crippen LogP contribution in [0.25, 0.3) is 0 Å². The molecule has 0 aliphatic heterocycles. The van der Waals surface area contributed by atoms with Crippen LogP contribution in [0.5, 0.6) is 5.75 Å². The minimum absolute atomic E-state index is 0.133. The summed E-state index contributed by atoms with van der Waals surface area (Å²) < 4.78 is 9.37. The predicted octanol–water partition coefficient (Wildman–Crippen LogP) is 0.575. The van der Waals surface area contributed by atoms with Gasteiger partial charge in [0.2, 0.25) is 0 Å². The molecule has 0 radical (unpaired) electrons. The predicted molar refractivity (Wildman–Crippen MR) is 63.8 cm³/mol. The Hall–Kier alpha value is -2.57. The average molecular weight is 267 g/mol. The van der Waals surface area contributed by atoms with Gasteiger partial charge in [-0.15, -0.1) is 0 Å². The Labute approximate surface area is 109 Å². The number of hydrogen-bond acceptors (Lipinski definition) is 5. The average Bonchev–Trinajstić information content (AvgIpc) is 2.36. The molecule has 0 fully saturated rings. The fourth-order valence-corrected chi connectivity index (χ4v) is 1.27. The number of carboxylic acids is 1. The van der Waals surface area contributed by atoms with Crippen molar-refractivity contribution in [1.82, 2.24) is 5.32 Å². The standard InChI is InChI=1S/C12H13NO6/c1-18-12(17)13-10(14)7-19-9-4-2-3-8(5-9)6-11(15)16/h2-5H,6-7H2,1H3,(H,15,16)(H,13,14,17). The second kappa shape index (κ2) is 7.00. The maximum absolute atomic E-state index is 11.2. The zero-order chi connectivity index (χ0) is 14.3. The van der Waals surface area contributed by atoms with Crippen molar-refractivity contribution in [3.63, 3.8) is 0 Å². The lowest BCUT2D eigenvalue weighted by molar-refractivity contribution is -0.136. The highest BCUT2D eigenvalue weighted by atomic mass is 16.5. The van der Waals surface area contributed by atoms with Crippen molar-refractivity contribution >= 4 is 18.0 Å². The number of nitrogens with one attached hydrogen (secondary N) is 1. The van der Waals surface area contributed by atoms with E-state index in [1.165, 1.54) is 6.07 Å². The van der Waals surface area contributed by atoms with E-state index in [2.05, 4.69) is 4.74 Å². The van der Waals surface area contributed by atoms with Crippen LogP contribution in [0.1, 0.15) is 5.56 Å². The summed E-state index contributed by atoms with van der Waals surface area (Å²) in [5.41, 5.74) is 0.554. The maximum Gasteiger partial charge on any atom is 0.413 e. The van der Waals surface area contributed by atoms with Gasteiger partial charge in [-0.3, -0.25) is 14.9 Å². The van der Waals surface area contributed by atoms with Crippen LogP contribution in [0.2, 0.25) is 0 Å². The quantitative estimate of drug-likeness (QED) is 0.808. The van der Waals surface area contributed by atoms with Gasteiger partial charge in [-0.2, -0.15) is 0 Å². The molecular weight excluding hydrogens is 254 g/mol. The van der Waals surface area contributed by atoms with Crippen molar-refractivity contribution in [3.05, 3.63) is 29.8 Å². The number of methoxy groups -OCH3 is 1. The molecule has 0 saturated carbocycles. The van der Waals surface area contributed by atoms with Gasteiger partial charge in [0.25, 0.3) is 5.91 Å². The second-order valence-corrected chi connectivity index (χ2v) is 3.55. The van der Waals surface area contributed by atoms with Gasteiger partial charge >= 0.3 is 12.1 Å². The van der Waals surface area contributed by atoms with Crippen molar-refractivity contribution in [2.24, 2.45) is 0 Å². The van der Waals surface area contributed by atoms with Crippen molar-refractivity contribution in [1.29, 1.82) is 0 Å². The van der Waals surface area contributed by atoms with E-state index in [4.69, 9.17) is 9.84 Å². The van der Waals surface area contributed by atoms with E-state index in [1.54, 1.807) is 18.2 Å². The molecule has 2 amide bonds. The molecule has 0 bridgehead atoms. The van der Waals surface area contributed by atoms with E-state index in [-0.39, 0.29) is 13.0 Å². The molecule has 0 aromatic heterocycles. The van der Waals surface area contributed by atoms with E-state index in [9.17, 15) is 14.4 Å². The van der Waals surface area contributed by atoms with Crippen LogP contribution in [0.15, 0.2) is 24.3 Å². The number of rotatable bonds is 5. The summed E-state index contributed by atoms with van der Waals surface area (Å²) in [6.45, 7) is -0.369. The van der Waals surface area contributed by atoms with E-state index in [0.717, 1.165) is 7.11 Å². The summed E-state index contributed by atoms with van der Waals surface area (Å²) in [7, 11) is 1.14. The molecule has 0 saturated heterocycles. The van der Waals surface area contributed by atoms with E-state index in [1.807, 2.05) is 5.32 Å². The number of benzene rings is 1. The number of carbonyl (C=O) groups is 3. The van der Waals surface area contributed by atoms with Gasteiger partial charge in [-0.25, -0.2) is 4.79 Å². The highest BCUT2D eigenvalue weighted by Crippen LogP contribution is 2.13. The number of alkyl carbamates (subject to hydrolysis) is 1. The first-order valence-corrected chi connectivity index (χ1v) is 5.32. The van der Waals surface area contributed by atoms with Crippen molar-refractivity contribution in [3.8, 4) is 5.75 Å². The van der Waals surface area contributed by atoms with Crippen molar-refractivity contribution < 1.29 is 29.0 Å². The van der Waals surface area contributed by atoms with Crippen molar-refractivity contribution in [2.45, 2.75) is 6.42 Å². The number of imide groups is 1. The number of aliphatic carboxylic acids is 1. The number of carboxylic acid groups (broad SMARTS) is 1. The molecule has 102 valence electrons. The number of hydrogen-bond donors (Lipinski definition) is 2. The summed E-state index contributed by atoms with van der Waals surface area (Å²) in [6, 6.07) is 6.34. The normalized spacial score (nSPS) is 9.53. The number of ether oxygens (including phenoxy) is 2. The Morgan fingerprint density at radius 3 is 2.68 bits per heavy atom. The highest BCUT2D eigenvalue weighted by Gasteiger charge is 2.08. The number of carbonyl (C=O) groups excluding carboxylic acids is 2. The third-order valence-corrected chi connectivity index (χ3v) is 2.05. The SMILES string of the molecule is COC(=O)NC(=O)COc1cccc(CC(=O)O)c1.